The summed E-state index contributed by atoms with van der Waals surface area (Å²) in [6.07, 6.45) is 0.547. The number of nitrogens with one attached hydrogen (secondary N) is 1. The Bertz CT molecular complexity index is 190. The summed E-state index contributed by atoms with van der Waals surface area (Å²) in [7, 11) is 1.32. The Labute approximate surface area is 64.9 Å². The minimum absolute atomic E-state index is 0.0691. The van der Waals surface area contributed by atoms with E-state index in [9.17, 15) is 9.59 Å². The molecular weight excluding hydrogens is 146 g/mol. The molecule has 1 aliphatic heterocycles. The van der Waals surface area contributed by atoms with Crippen molar-refractivity contribution in [1.82, 2.24) is 5.32 Å². The van der Waals surface area contributed by atoms with Gasteiger partial charge in [0.1, 0.15) is 6.04 Å². The topological polar surface area (TPSA) is 55.4 Å². The minimum atomic E-state index is -0.428. The van der Waals surface area contributed by atoms with Crippen molar-refractivity contribution >= 4 is 11.9 Å². The predicted octanol–water partition coefficient (Wildman–Crippen LogP) is -0.316. The normalized spacial score (nSPS) is 29.8. The average Bonchev–Trinajstić information content (AvgIpc) is 2.31. The molecule has 0 aliphatic carbocycles. The van der Waals surface area contributed by atoms with Gasteiger partial charge >= 0.3 is 5.97 Å². The molecule has 2 atom stereocenters. The van der Waals surface area contributed by atoms with E-state index in [1.54, 1.807) is 6.92 Å². The fourth-order valence-corrected chi connectivity index (χ4v) is 1.13. The number of amides is 1. The molecule has 1 saturated heterocycles. The van der Waals surface area contributed by atoms with Gasteiger partial charge in [-0.25, -0.2) is 4.79 Å². The van der Waals surface area contributed by atoms with Crippen molar-refractivity contribution in [3.63, 3.8) is 0 Å². The average molecular weight is 157 g/mol. The van der Waals surface area contributed by atoms with Crippen molar-refractivity contribution in [3.8, 4) is 0 Å². The number of esters is 1. The Balaban J connectivity index is 2.53. The zero-order chi connectivity index (χ0) is 8.43. The Morgan fingerprint density at radius 2 is 2.36 bits per heavy atom. The van der Waals surface area contributed by atoms with Crippen LogP contribution in [0.5, 0.6) is 0 Å². The Kier molecular flexibility index (Phi) is 2.12. The zero-order valence-corrected chi connectivity index (χ0v) is 6.59. The van der Waals surface area contributed by atoms with Crippen LogP contribution in [0.2, 0.25) is 0 Å². The fraction of sp³-hybridized carbons (Fsp3) is 0.714. The molecule has 1 fully saturated rings. The molecule has 0 bridgehead atoms. The fourth-order valence-electron chi connectivity index (χ4n) is 1.13. The third-order valence-electron chi connectivity index (χ3n) is 1.84. The second-order valence-electron chi connectivity index (χ2n) is 2.72. The second kappa shape index (κ2) is 2.90. The van der Waals surface area contributed by atoms with Crippen molar-refractivity contribution in [2.75, 3.05) is 7.11 Å². The maximum absolute atomic E-state index is 10.9. The van der Waals surface area contributed by atoms with Crippen molar-refractivity contribution in [2.45, 2.75) is 19.4 Å². The first kappa shape index (κ1) is 8.04. The Morgan fingerprint density at radius 3 is 2.73 bits per heavy atom. The molecule has 1 aliphatic rings. The molecule has 0 spiro atoms. The lowest BCUT2D eigenvalue weighted by Gasteiger charge is -2.05. The maximum Gasteiger partial charge on any atom is 0.328 e. The minimum Gasteiger partial charge on any atom is -0.467 e. The van der Waals surface area contributed by atoms with Crippen LogP contribution in [0.25, 0.3) is 0 Å². The highest BCUT2D eigenvalue weighted by Gasteiger charge is 2.33. The Hall–Kier alpha value is -1.06. The quantitative estimate of drug-likeness (QED) is 0.531. The van der Waals surface area contributed by atoms with E-state index < -0.39 is 6.04 Å². The van der Waals surface area contributed by atoms with E-state index in [0.717, 1.165) is 0 Å². The third kappa shape index (κ3) is 1.50. The molecule has 11 heavy (non-hydrogen) atoms. The molecule has 4 nitrogen and oxygen atoms in total. The molecule has 0 aromatic carbocycles. The summed E-state index contributed by atoms with van der Waals surface area (Å²) >= 11 is 0. The van der Waals surface area contributed by atoms with E-state index in [4.69, 9.17) is 0 Å². The summed E-state index contributed by atoms with van der Waals surface area (Å²) in [6, 6.07) is -0.428. The van der Waals surface area contributed by atoms with Gasteiger partial charge in [0.2, 0.25) is 5.91 Å². The number of hydrogen-bond acceptors (Lipinski definition) is 3. The summed E-state index contributed by atoms with van der Waals surface area (Å²) < 4.78 is 4.48. The van der Waals surface area contributed by atoms with Crippen molar-refractivity contribution in [1.29, 1.82) is 0 Å². The van der Waals surface area contributed by atoms with E-state index in [2.05, 4.69) is 10.1 Å². The lowest BCUT2D eigenvalue weighted by atomic mass is 10.1. The molecule has 0 radical (unpaired) electrons. The molecule has 0 aromatic rings. The van der Waals surface area contributed by atoms with Crippen LogP contribution in [0.4, 0.5) is 0 Å². The molecule has 0 unspecified atom stereocenters. The number of carbonyl (C=O) groups excluding carboxylic acids is 2. The largest absolute Gasteiger partial charge is 0.467 e. The maximum atomic E-state index is 10.9. The zero-order valence-electron chi connectivity index (χ0n) is 6.59. The van der Waals surface area contributed by atoms with Crippen LogP contribution in [-0.2, 0) is 14.3 Å². The van der Waals surface area contributed by atoms with Crippen LogP contribution >= 0.6 is 0 Å². The molecular formula is C7H11NO3. The first-order chi connectivity index (χ1) is 5.15. The van der Waals surface area contributed by atoms with Crippen LogP contribution in [0, 0.1) is 5.92 Å². The first-order valence-electron chi connectivity index (χ1n) is 3.53. The highest BCUT2D eigenvalue weighted by atomic mass is 16.5. The number of methoxy groups -OCH3 is 1. The lowest BCUT2D eigenvalue weighted by molar-refractivity contribution is -0.143. The number of rotatable bonds is 1. The van der Waals surface area contributed by atoms with Crippen molar-refractivity contribution in [3.05, 3.63) is 0 Å². The molecule has 1 heterocycles. The van der Waals surface area contributed by atoms with E-state index in [1.807, 2.05) is 0 Å². The molecule has 62 valence electrons. The van der Waals surface area contributed by atoms with Gasteiger partial charge in [0.15, 0.2) is 0 Å². The van der Waals surface area contributed by atoms with Crippen LogP contribution < -0.4 is 5.32 Å². The van der Waals surface area contributed by atoms with Crippen LogP contribution in [0.1, 0.15) is 13.3 Å². The van der Waals surface area contributed by atoms with Gasteiger partial charge in [-0.2, -0.15) is 0 Å². The lowest BCUT2D eigenvalue weighted by Crippen LogP contribution is -2.33. The van der Waals surface area contributed by atoms with Crippen LogP contribution in [0.15, 0.2) is 0 Å². The van der Waals surface area contributed by atoms with Gasteiger partial charge < -0.3 is 10.1 Å². The molecule has 0 aromatic heterocycles. The summed E-state index contributed by atoms with van der Waals surface area (Å²) in [5, 5.41) is 2.54. The highest BCUT2D eigenvalue weighted by Crippen LogP contribution is 2.14. The Morgan fingerprint density at radius 1 is 1.73 bits per heavy atom. The highest BCUT2D eigenvalue weighted by molar-refractivity contribution is 5.89. The number of ether oxygens (including phenoxy) is 1. The molecule has 0 saturated carbocycles. The summed E-state index contributed by atoms with van der Waals surface area (Å²) in [4.78, 5) is 21.8. The van der Waals surface area contributed by atoms with Gasteiger partial charge in [0, 0.05) is 5.92 Å². The van der Waals surface area contributed by atoms with Gasteiger partial charge in [-0.15, -0.1) is 0 Å². The van der Waals surface area contributed by atoms with E-state index >= 15 is 0 Å². The number of carbonyl (C=O) groups is 2. The summed E-state index contributed by atoms with van der Waals surface area (Å²) in [5.74, 6) is -0.498. The summed E-state index contributed by atoms with van der Waals surface area (Å²) in [6.45, 7) is 1.79. The van der Waals surface area contributed by atoms with Gasteiger partial charge in [0.05, 0.1) is 7.11 Å². The molecule has 1 N–H and O–H groups in total. The van der Waals surface area contributed by atoms with Crippen LogP contribution in [0.3, 0.4) is 0 Å². The SMILES string of the molecule is COC(=O)[C@H]1C[C@@H](C)C(=O)N1. The van der Waals surface area contributed by atoms with Gasteiger partial charge in [0.25, 0.3) is 0 Å². The molecule has 1 rings (SSSR count). The molecule has 1 amide bonds. The van der Waals surface area contributed by atoms with Gasteiger partial charge in [-0.05, 0) is 6.42 Å². The first-order valence-corrected chi connectivity index (χ1v) is 3.53. The smallest absolute Gasteiger partial charge is 0.328 e. The molecule has 4 heteroatoms. The number of hydrogen-bond donors (Lipinski definition) is 1. The van der Waals surface area contributed by atoms with E-state index in [-0.39, 0.29) is 17.8 Å². The standard InChI is InChI=1S/C7H11NO3/c1-4-3-5(7(10)11-2)8-6(4)9/h4-5H,3H2,1-2H3,(H,8,9)/t4-,5-/m1/s1. The van der Waals surface area contributed by atoms with Crippen molar-refractivity contribution in [2.24, 2.45) is 5.92 Å². The van der Waals surface area contributed by atoms with E-state index in [1.165, 1.54) is 7.11 Å². The van der Waals surface area contributed by atoms with Crippen LogP contribution in [-0.4, -0.2) is 25.0 Å². The monoisotopic (exact) mass is 157 g/mol. The van der Waals surface area contributed by atoms with E-state index in [0.29, 0.717) is 6.42 Å². The van der Waals surface area contributed by atoms with Crippen molar-refractivity contribution < 1.29 is 14.3 Å². The summed E-state index contributed by atoms with van der Waals surface area (Å²) in [5.41, 5.74) is 0. The van der Waals surface area contributed by atoms with Gasteiger partial charge in [-0.1, -0.05) is 6.92 Å². The predicted molar refractivity (Wildman–Crippen MR) is 37.7 cm³/mol. The second-order valence-corrected chi connectivity index (χ2v) is 2.72. The third-order valence-corrected chi connectivity index (χ3v) is 1.84. The van der Waals surface area contributed by atoms with Gasteiger partial charge in [-0.3, -0.25) is 4.79 Å².